The Bertz CT molecular complexity index is 1310. The highest BCUT2D eigenvalue weighted by molar-refractivity contribution is 5.62. The van der Waals surface area contributed by atoms with Gasteiger partial charge in [-0.3, -0.25) is 0 Å². The third kappa shape index (κ3) is 20.2. The lowest BCUT2D eigenvalue weighted by Gasteiger charge is -2.34. The summed E-state index contributed by atoms with van der Waals surface area (Å²) in [4.78, 5) is 0. The minimum atomic E-state index is -0.520. The van der Waals surface area contributed by atoms with E-state index in [2.05, 4.69) is 81.4 Å². The quantitative estimate of drug-likeness (QED) is 0.0694. The second-order valence-electron chi connectivity index (χ2n) is 20.6. The van der Waals surface area contributed by atoms with Gasteiger partial charge in [0.2, 0.25) is 0 Å². The van der Waals surface area contributed by atoms with E-state index in [9.17, 15) is 10.2 Å². The summed E-state index contributed by atoms with van der Waals surface area (Å²) in [5.41, 5.74) is 7.29. The van der Waals surface area contributed by atoms with Gasteiger partial charge in [-0.25, -0.2) is 0 Å². The van der Waals surface area contributed by atoms with Crippen molar-refractivity contribution in [1.82, 2.24) is 0 Å². The molecule has 0 heterocycles. The monoisotopic (exact) mass is 789 g/mol. The van der Waals surface area contributed by atoms with Crippen molar-refractivity contribution >= 4 is 0 Å². The Hall–Kier alpha value is -1.96. The normalized spacial score (nSPS) is 12.3. The van der Waals surface area contributed by atoms with Crippen LogP contribution in [-0.4, -0.2) is 10.2 Å². The van der Waals surface area contributed by atoms with Crippen LogP contribution in [0.1, 0.15) is 257 Å². The van der Waals surface area contributed by atoms with E-state index in [0.29, 0.717) is 11.5 Å². The molecule has 0 unspecified atom stereocenters. The highest BCUT2D eigenvalue weighted by Gasteiger charge is 2.35. The summed E-state index contributed by atoms with van der Waals surface area (Å²) >= 11 is 0. The molecule has 0 fully saturated rings. The molecule has 0 atom stereocenters. The van der Waals surface area contributed by atoms with Crippen molar-refractivity contribution in [3.8, 4) is 11.5 Å². The average Bonchev–Trinajstić information content (AvgIpc) is 3.14. The SMILES string of the molecule is CC(C)CCCCCCCc1c(O)c(C(C)(C)c2ccccc2O)c(CCCCCCCC(C)C)c(CCCCCCCC(C)C)c1CCCCCCCC(C)C. The molecular formula is C55H96O2. The highest BCUT2D eigenvalue weighted by atomic mass is 16.3. The first-order valence-corrected chi connectivity index (χ1v) is 24.9. The van der Waals surface area contributed by atoms with E-state index in [-0.39, 0.29) is 0 Å². The number of rotatable bonds is 34. The fraction of sp³-hybridized carbons (Fsp3) is 0.782. The fourth-order valence-corrected chi connectivity index (χ4v) is 9.45. The van der Waals surface area contributed by atoms with Gasteiger partial charge in [0.1, 0.15) is 11.5 Å². The molecule has 0 spiro atoms. The van der Waals surface area contributed by atoms with Crippen molar-refractivity contribution < 1.29 is 10.2 Å². The molecule has 2 nitrogen and oxygen atoms in total. The molecule has 2 rings (SSSR count). The number of aromatic hydroxyl groups is 2. The molecule has 0 aliphatic heterocycles. The molecule has 0 aliphatic rings. The summed E-state index contributed by atoms with van der Waals surface area (Å²) in [6, 6.07) is 7.91. The Balaban J connectivity index is 2.61. The lowest BCUT2D eigenvalue weighted by molar-refractivity contribution is 0.426. The summed E-state index contributed by atoms with van der Waals surface area (Å²) in [6.07, 6.45) is 35.2. The lowest BCUT2D eigenvalue weighted by Crippen LogP contribution is -2.24. The van der Waals surface area contributed by atoms with Gasteiger partial charge in [0.25, 0.3) is 0 Å². The Morgan fingerprint density at radius 2 is 0.684 bits per heavy atom. The van der Waals surface area contributed by atoms with Gasteiger partial charge in [-0.1, -0.05) is 216 Å². The maximum Gasteiger partial charge on any atom is 0.123 e. The van der Waals surface area contributed by atoms with Gasteiger partial charge < -0.3 is 10.2 Å². The zero-order valence-corrected chi connectivity index (χ0v) is 39.8. The molecule has 57 heavy (non-hydrogen) atoms. The molecule has 0 aliphatic carbocycles. The van der Waals surface area contributed by atoms with Crippen LogP contribution in [0.4, 0.5) is 0 Å². The first kappa shape index (κ1) is 51.2. The van der Waals surface area contributed by atoms with Crippen LogP contribution in [0.5, 0.6) is 11.5 Å². The molecule has 328 valence electrons. The van der Waals surface area contributed by atoms with Gasteiger partial charge in [-0.15, -0.1) is 0 Å². The van der Waals surface area contributed by atoms with Crippen LogP contribution in [0.3, 0.4) is 0 Å². The summed E-state index contributed by atoms with van der Waals surface area (Å²) in [7, 11) is 0. The van der Waals surface area contributed by atoms with Gasteiger partial charge in [0.15, 0.2) is 0 Å². The van der Waals surface area contributed by atoms with Gasteiger partial charge in [-0.05, 0) is 103 Å². The van der Waals surface area contributed by atoms with Crippen LogP contribution >= 0.6 is 0 Å². The van der Waals surface area contributed by atoms with E-state index in [1.807, 2.05) is 12.1 Å². The van der Waals surface area contributed by atoms with Crippen molar-refractivity contribution in [2.45, 2.75) is 254 Å². The standard InChI is InChI=1S/C55H96O2/c1-43(2)33-23-15-11-19-27-37-47-48(38-28-20-12-16-24-34-44(3)4)50(40-30-22-14-18-26-36-46(7)8)54(57)53(55(9,10)51-41-31-32-42-52(51)56)49(47)39-29-21-13-17-25-35-45(5)6/h31-32,41-46,56-57H,11-30,33-40H2,1-10H3. The molecule has 2 aromatic carbocycles. The van der Waals surface area contributed by atoms with Crippen LogP contribution in [0.15, 0.2) is 24.3 Å². The predicted molar refractivity (Wildman–Crippen MR) is 253 cm³/mol. The molecular weight excluding hydrogens is 693 g/mol. The lowest BCUT2D eigenvalue weighted by atomic mass is 9.70. The van der Waals surface area contributed by atoms with E-state index in [1.165, 1.54) is 158 Å². The number of phenols is 2. The van der Waals surface area contributed by atoms with Gasteiger partial charge in [0, 0.05) is 16.5 Å². The van der Waals surface area contributed by atoms with E-state index in [4.69, 9.17) is 0 Å². The summed E-state index contributed by atoms with van der Waals surface area (Å²) in [5.74, 6) is 4.05. The van der Waals surface area contributed by atoms with E-state index < -0.39 is 5.41 Å². The number of benzene rings is 2. The third-order valence-electron chi connectivity index (χ3n) is 13.0. The number of hydrogen-bond donors (Lipinski definition) is 2. The van der Waals surface area contributed by atoms with Crippen LogP contribution in [0.25, 0.3) is 0 Å². The maximum absolute atomic E-state index is 12.8. The van der Waals surface area contributed by atoms with Crippen molar-refractivity contribution in [3.05, 3.63) is 57.6 Å². The minimum absolute atomic E-state index is 0.338. The zero-order chi connectivity index (χ0) is 42.1. The molecule has 2 aromatic rings. The van der Waals surface area contributed by atoms with E-state index in [0.717, 1.165) is 73.3 Å². The zero-order valence-electron chi connectivity index (χ0n) is 39.8. The summed E-state index contributed by atoms with van der Waals surface area (Å²) in [6.45, 7) is 23.3. The molecule has 0 amide bonds. The number of phenolic OH excluding ortho intramolecular Hbond substituents is 2. The van der Waals surface area contributed by atoms with Crippen molar-refractivity contribution in [2.24, 2.45) is 23.7 Å². The Morgan fingerprint density at radius 3 is 1.05 bits per heavy atom. The molecule has 0 saturated carbocycles. The second kappa shape index (κ2) is 29.3. The van der Waals surface area contributed by atoms with Crippen LogP contribution in [0.2, 0.25) is 0 Å². The first-order valence-electron chi connectivity index (χ1n) is 24.9. The van der Waals surface area contributed by atoms with Crippen molar-refractivity contribution in [2.75, 3.05) is 0 Å². The molecule has 0 radical (unpaired) electrons. The Kier molecular flexibility index (Phi) is 26.3. The Labute approximate surface area is 356 Å². The summed E-state index contributed by atoms with van der Waals surface area (Å²) in [5, 5.41) is 24.2. The molecule has 0 saturated heterocycles. The minimum Gasteiger partial charge on any atom is -0.508 e. The van der Waals surface area contributed by atoms with E-state index >= 15 is 0 Å². The number of hydrogen-bond acceptors (Lipinski definition) is 2. The van der Waals surface area contributed by atoms with Gasteiger partial charge >= 0.3 is 0 Å². The largest absolute Gasteiger partial charge is 0.508 e. The maximum atomic E-state index is 12.8. The van der Waals surface area contributed by atoms with Gasteiger partial charge in [-0.2, -0.15) is 0 Å². The van der Waals surface area contributed by atoms with Crippen LogP contribution < -0.4 is 0 Å². The molecule has 0 bridgehead atoms. The average molecular weight is 789 g/mol. The van der Waals surface area contributed by atoms with Crippen molar-refractivity contribution in [1.29, 1.82) is 0 Å². The van der Waals surface area contributed by atoms with E-state index in [1.54, 1.807) is 5.56 Å². The first-order chi connectivity index (χ1) is 27.3. The van der Waals surface area contributed by atoms with Gasteiger partial charge in [0.05, 0.1) is 0 Å². The molecule has 0 aromatic heterocycles. The van der Waals surface area contributed by atoms with Crippen LogP contribution in [-0.2, 0) is 31.1 Å². The summed E-state index contributed by atoms with van der Waals surface area (Å²) < 4.78 is 0. The predicted octanol–water partition coefficient (Wildman–Crippen LogP) is 17.6. The highest BCUT2D eigenvalue weighted by Crippen LogP contribution is 2.48. The number of unbranched alkanes of at least 4 members (excludes halogenated alkanes) is 16. The number of para-hydroxylation sites is 1. The Morgan fingerprint density at radius 1 is 0.386 bits per heavy atom. The second-order valence-corrected chi connectivity index (χ2v) is 20.6. The smallest absolute Gasteiger partial charge is 0.123 e. The molecule has 2 heteroatoms. The van der Waals surface area contributed by atoms with Crippen molar-refractivity contribution in [3.63, 3.8) is 0 Å². The third-order valence-corrected chi connectivity index (χ3v) is 13.0. The molecule has 2 N–H and O–H groups in total. The topological polar surface area (TPSA) is 40.5 Å². The van der Waals surface area contributed by atoms with Crippen LogP contribution in [0, 0.1) is 23.7 Å². The fourth-order valence-electron chi connectivity index (χ4n) is 9.45.